The number of aromatic nitrogens is 1. The topological polar surface area (TPSA) is 32.5 Å². The van der Waals surface area contributed by atoms with Crippen molar-refractivity contribution >= 4 is 56.2 Å². The number of nitrogens with zero attached hydrogens (tertiary/aromatic N) is 3. The van der Waals surface area contributed by atoms with Crippen molar-refractivity contribution in [2.45, 2.75) is 57.8 Å². The number of fused-ring (bicyclic) bond motifs is 7. The summed E-state index contributed by atoms with van der Waals surface area (Å²) in [6, 6.07) is 111. The van der Waals surface area contributed by atoms with Crippen LogP contribution in [0, 0.1) is 0 Å². The maximum Gasteiger partial charge on any atom is 0.145 e. The lowest BCUT2D eigenvalue weighted by molar-refractivity contribution is 0.590. The molecule has 0 bridgehead atoms. The number of furan rings is 1. The number of rotatable bonds is 12. The summed E-state index contributed by atoms with van der Waals surface area (Å²) in [5.74, 6) is 0.826. The highest BCUT2D eigenvalue weighted by molar-refractivity contribution is 6.20. The van der Waals surface area contributed by atoms with E-state index in [1.54, 1.807) is 0 Å². The van der Waals surface area contributed by atoms with Crippen LogP contribution in [0.1, 0.15) is 74.9 Å². The van der Waals surface area contributed by atoms with Crippen molar-refractivity contribution < 1.29 is 4.42 Å². The zero-order valence-corrected chi connectivity index (χ0v) is 51.7. The number of benzene rings is 12. The fourth-order valence-corrected chi connectivity index (χ4v) is 13.8. The maximum atomic E-state index is 7.56. The zero-order valence-electron chi connectivity index (χ0n) is 51.7. The third-order valence-electron chi connectivity index (χ3n) is 18.3. The molecule has 0 fully saturated rings. The standard InChI is InChI=1S/C86H69N3O/c1-84(2,3)64-42-46-68(47-43-64)88(83-74(61-33-19-10-20-34-61)54-63(57-87-83)59-29-15-8-16-30-59)70-50-51-71-75(55-70)86(66-35-21-11-22-36-66,67-37-23-12-24-38-67)76-56-78(81-72-39-25-26-40-79(72)90-82(81)80(71)76)89(69-48-44-65(45-49-69)85(4,5)6)77-52-41-62(58-27-13-7-14-28-58)53-73(77)60-31-17-9-18-32-60/h7-57H,1-6H3. The van der Waals surface area contributed by atoms with Crippen molar-refractivity contribution in [3.8, 4) is 55.6 Å². The van der Waals surface area contributed by atoms with Gasteiger partial charge in [-0.1, -0.05) is 278 Å². The SMILES string of the molecule is CC(C)(C)c1ccc(N(c2ccc3c(c2)C(c2ccccc2)(c2ccccc2)c2cc(N(c4ccc(C(C)(C)C)cc4)c4ccc(-c5ccccc5)cc4-c4ccccc4)c4c(oc5ccccc54)c2-3)c2ncc(-c3ccccc3)cc2-c2ccccc2)cc1. The second-order valence-electron chi connectivity index (χ2n) is 25.9. The molecule has 0 unspecified atom stereocenters. The second kappa shape index (κ2) is 22.4. The molecule has 4 nitrogen and oxygen atoms in total. The maximum absolute atomic E-state index is 7.56. The van der Waals surface area contributed by atoms with Crippen molar-refractivity contribution in [3.63, 3.8) is 0 Å². The van der Waals surface area contributed by atoms with Gasteiger partial charge < -0.3 is 9.32 Å². The van der Waals surface area contributed by atoms with Gasteiger partial charge in [-0.3, -0.25) is 4.90 Å². The van der Waals surface area contributed by atoms with Gasteiger partial charge in [0.15, 0.2) is 0 Å². The number of anilines is 6. The van der Waals surface area contributed by atoms with Gasteiger partial charge in [-0.15, -0.1) is 0 Å². The van der Waals surface area contributed by atoms with Crippen LogP contribution in [0.25, 0.3) is 77.6 Å². The van der Waals surface area contributed by atoms with E-state index in [4.69, 9.17) is 9.40 Å². The van der Waals surface area contributed by atoms with E-state index in [0.29, 0.717) is 0 Å². The molecule has 15 rings (SSSR count). The minimum Gasteiger partial charge on any atom is -0.455 e. The molecule has 1 aliphatic rings. The largest absolute Gasteiger partial charge is 0.455 e. The van der Waals surface area contributed by atoms with E-state index in [9.17, 15) is 0 Å². The summed E-state index contributed by atoms with van der Waals surface area (Å²) in [5, 5.41) is 2.08. The molecule has 12 aromatic carbocycles. The first-order valence-electron chi connectivity index (χ1n) is 31.3. The predicted molar refractivity (Wildman–Crippen MR) is 377 cm³/mol. The smallest absolute Gasteiger partial charge is 0.145 e. The molecule has 0 N–H and O–H groups in total. The molecule has 0 atom stereocenters. The Morgan fingerprint density at radius 3 is 1.37 bits per heavy atom. The molecule has 1 aliphatic carbocycles. The Hall–Kier alpha value is -10.8. The molecule has 0 saturated carbocycles. The zero-order chi connectivity index (χ0) is 61.1. The quantitative estimate of drug-likeness (QED) is 0.122. The monoisotopic (exact) mass is 1160 g/mol. The number of para-hydroxylation sites is 1. The fraction of sp³-hybridized carbons (Fsp3) is 0.105. The van der Waals surface area contributed by atoms with Gasteiger partial charge in [0.25, 0.3) is 0 Å². The molecule has 2 aromatic heterocycles. The van der Waals surface area contributed by atoms with Gasteiger partial charge in [0.1, 0.15) is 17.0 Å². The van der Waals surface area contributed by atoms with E-state index in [1.807, 2.05) is 6.20 Å². The van der Waals surface area contributed by atoms with Crippen molar-refractivity contribution in [1.82, 2.24) is 4.98 Å². The normalized spacial score (nSPS) is 12.6. The summed E-state index contributed by atoms with van der Waals surface area (Å²) < 4.78 is 7.56. The first-order chi connectivity index (χ1) is 43.9. The summed E-state index contributed by atoms with van der Waals surface area (Å²) in [7, 11) is 0. The van der Waals surface area contributed by atoms with E-state index < -0.39 is 5.41 Å². The lowest BCUT2D eigenvalue weighted by atomic mass is 9.67. The highest BCUT2D eigenvalue weighted by Gasteiger charge is 2.49. The van der Waals surface area contributed by atoms with Crippen LogP contribution in [-0.2, 0) is 16.2 Å². The molecule has 2 heterocycles. The van der Waals surface area contributed by atoms with Crippen LogP contribution in [0.5, 0.6) is 0 Å². The predicted octanol–water partition coefficient (Wildman–Crippen LogP) is 23.5. The van der Waals surface area contributed by atoms with Crippen LogP contribution in [-0.4, -0.2) is 4.98 Å². The molecule has 90 heavy (non-hydrogen) atoms. The Balaban J connectivity index is 1.05. The Morgan fingerprint density at radius 1 is 0.344 bits per heavy atom. The Morgan fingerprint density at radius 2 is 0.811 bits per heavy atom. The van der Waals surface area contributed by atoms with E-state index in [-0.39, 0.29) is 10.8 Å². The lowest BCUT2D eigenvalue weighted by Crippen LogP contribution is -2.29. The van der Waals surface area contributed by atoms with E-state index in [2.05, 4.69) is 355 Å². The third kappa shape index (κ3) is 9.68. The molecular formula is C86H69N3O. The Kier molecular flexibility index (Phi) is 13.9. The highest BCUT2D eigenvalue weighted by Crippen LogP contribution is 2.62. The number of pyridine rings is 1. The highest BCUT2D eigenvalue weighted by atomic mass is 16.3. The van der Waals surface area contributed by atoms with Crippen molar-refractivity contribution in [2.24, 2.45) is 0 Å². The summed E-state index contributed by atoms with van der Waals surface area (Å²) in [6.45, 7) is 13.7. The van der Waals surface area contributed by atoms with Crippen LogP contribution >= 0.6 is 0 Å². The fourth-order valence-electron chi connectivity index (χ4n) is 13.8. The average molecular weight is 1160 g/mol. The van der Waals surface area contributed by atoms with Gasteiger partial charge in [-0.2, -0.15) is 0 Å². The van der Waals surface area contributed by atoms with Gasteiger partial charge in [-0.05, 0) is 144 Å². The van der Waals surface area contributed by atoms with Crippen molar-refractivity contribution in [2.75, 3.05) is 9.80 Å². The van der Waals surface area contributed by atoms with Gasteiger partial charge in [0, 0.05) is 50.9 Å². The van der Waals surface area contributed by atoms with Crippen LogP contribution in [0.15, 0.2) is 314 Å². The average Bonchev–Trinajstić information content (AvgIpc) is 1.51. The summed E-state index contributed by atoms with van der Waals surface area (Å²) in [4.78, 5) is 10.5. The number of hydrogen-bond acceptors (Lipinski definition) is 4. The molecule has 4 heteroatoms. The Bertz CT molecular complexity index is 4870. The molecule has 434 valence electrons. The van der Waals surface area contributed by atoms with Gasteiger partial charge >= 0.3 is 0 Å². The van der Waals surface area contributed by atoms with E-state index in [0.717, 1.165) is 134 Å². The lowest BCUT2D eigenvalue weighted by Gasteiger charge is -2.36. The van der Waals surface area contributed by atoms with Gasteiger partial charge in [-0.25, -0.2) is 4.98 Å². The Labute approximate surface area is 528 Å². The molecule has 14 aromatic rings. The first kappa shape index (κ1) is 55.7. The van der Waals surface area contributed by atoms with Gasteiger partial charge in [0.2, 0.25) is 0 Å². The number of hydrogen-bond donors (Lipinski definition) is 0. The van der Waals surface area contributed by atoms with E-state index in [1.165, 1.54) is 11.1 Å². The second-order valence-corrected chi connectivity index (χ2v) is 25.9. The summed E-state index contributed by atoms with van der Waals surface area (Å²) in [6.07, 6.45) is 2.04. The molecular weight excluding hydrogens is 1090 g/mol. The van der Waals surface area contributed by atoms with Crippen LogP contribution < -0.4 is 9.80 Å². The summed E-state index contributed by atoms with van der Waals surface area (Å²) >= 11 is 0. The van der Waals surface area contributed by atoms with Gasteiger partial charge in [0.05, 0.1) is 22.2 Å². The minimum absolute atomic E-state index is 0.0561. The summed E-state index contributed by atoms with van der Waals surface area (Å²) in [5.41, 5.74) is 23.8. The minimum atomic E-state index is -0.888. The third-order valence-corrected chi connectivity index (χ3v) is 18.3. The van der Waals surface area contributed by atoms with E-state index >= 15 is 0 Å². The molecule has 0 amide bonds. The molecule has 0 saturated heterocycles. The van der Waals surface area contributed by atoms with Crippen LogP contribution in [0.2, 0.25) is 0 Å². The van der Waals surface area contributed by atoms with Crippen molar-refractivity contribution in [1.29, 1.82) is 0 Å². The molecule has 0 radical (unpaired) electrons. The van der Waals surface area contributed by atoms with Crippen LogP contribution in [0.4, 0.5) is 34.3 Å². The van der Waals surface area contributed by atoms with Crippen LogP contribution in [0.3, 0.4) is 0 Å². The molecule has 0 spiro atoms. The van der Waals surface area contributed by atoms with Crippen molar-refractivity contribution in [3.05, 3.63) is 343 Å². The molecule has 0 aliphatic heterocycles. The first-order valence-corrected chi connectivity index (χ1v) is 31.3.